The van der Waals surface area contributed by atoms with Gasteiger partial charge in [0.25, 0.3) is 0 Å². The number of aromatic nitrogens is 1. The Morgan fingerprint density at radius 2 is 1.84 bits per heavy atom. The summed E-state index contributed by atoms with van der Waals surface area (Å²) in [6.45, 7) is 1.13. The van der Waals surface area contributed by atoms with E-state index in [-0.39, 0.29) is 0 Å². The molecule has 0 saturated carbocycles. The Labute approximate surface area is 201 Å². The number of benzene rings is 3. The van der Waals surface area contributed by atoms with Crippen LogP contribution in [0.5, 0.6) is 5.75 Å². The molecule has 1 aromatic heterocycles. The highest BCUT2D eigenvalue weighted by atomic mass is 35.5. The molecule has 7 heteroatoms. The summed E-state index contributed by atoms with van der Waals surface area (Å²) in [5, 5.41) is 11.1. The molecule has 0 unspecified atom stereocenters. The first-order valence-electron chi connectivity index (χ1n) is 10.0. The lowest BCUT2D eigenvalue weighted by Crippen LogP contribution is -2.02. The first-order chi connectivity index (χ1) is 15.6. The highest BCUT2D eigenvalue weighted by Crippen LogP contribution is 2.34. The van der Waals surface area contributed by atoms with Crippen LogP contribution in [-0.4, -0.2) is 23.3 Å². The van der Waals surface area contributed by atoms with E-state index in [1.165, 1.54) is 11.1 Å². The number of alkyl halides is 1. The Morgan fingerprint density at radius 3 is 2.56 bits per heavy atom. The number of halogens is 2. The lowest BCUT2D eigenvalue weighted by Gasteiger charge is -2.12. The second kappa shape index (κ2) is 10.3. The lowest BCUT2D eigenvalue weighted by molar-refractivity contribution is 0.342. The molecule has 162 valence electrons. The molecule has 4 aromatic rings. The number of rotatable bonds is 8. The normalized spacial score (nSPS) is 10.9. The summed E-state index contributed by atoms with van der Waals surface area (Å²) in [6, 6.07) is 22.8. The van der Waals surface area contributed by atoms with Crippen molar-refractivity contribution >= 4 is 46.1 Å². The maximum atomic E-state index is 9.57. The van der Waals surface area contributed by atoms with Crippen molar-refractivity contribution < 1.29 is 4.74 Å². The van der Waals surface area contributed by atoms with Crippen LogP contribution in [0.25, 0.3) is 27.7 Å². The van der Waals surface area contributed by atoms with Gasteiger partial charge in [-0.15, -0.1) is 11.6 Å². The van der Waals surface area contributed by atoms with Crippen molar-refractivity contribution in [1.82, 2.24) is 9.29 Å². The maximum absolute atomic E-state index is 9.57. The minimum Gasteiger partial charge on any atom is -0.489 e. The molecular formula is C25H21Cl2N3OS. The Kier molecular flexibility index (Phi) is 7.29. The number of fused-ring (bicyclic) bond motifs is 1. The van der Waals surface area contributed by atoms with E-state index in [1.54, 1.807) is 24.1 Å². The van der Waals surface area contributed by atoms with Crippen molar-refractivity contribution in [2.75, 3.05) is 18.7 Å². The first-order valence-corrected chi connectivity index (χ1v) is 12.2. The van der Waals surface area contributed by atoms with Crippen LogP contribution in [-0.2, 0) is 6.54 Å². The molecule has 0 atom stereocenters. The molecule has 0 amide bonds. The lowest BCUT2D eigenvalue weighted by atomic mass is 10.0. The fraction of sp³-hybridized carbons (Fsp3) is 0.160. The van der Waals surface area contributed by atoms with Gasteiger partial charge >= 0.3 is 0 Å². The fourth-order valence-electron chi connectivity index (χ4n) is 3.61. The van der Waals surface area contributed by atoms with E-state index in [0.29, 0.717) is 28.8 Å². The maximum Gasteiger partial charge on any atom is 0.155 e. The van der Waals surface area contributed by atoms with E-state index in [4.69, 9.17) is 27.9 Å². The summed E-state index contributed by atoms with van der Waals surface area (Å²) >= 11 is 13.7. The molecule has 32 heavy (non-hydrogen) atoms. The zero-order valence-corrected chi connectivity index (χ0v) is 19.8. The summed E-state index contributed by atoms with van der Waals surface area (Å²) in [4.78, 5) is 0. The van der Waals surface area contributed by atoms with Crippen LogP contribution in [0.2, 0.25) is 5.02 Å². The van der Waals surface area contributed by atoms with Gasteiger partial charge in [0.1, 0.15) is 12.7 Å². The molecule has 0 aliphatic rings. The SMILES string of the molecule is CSNCc1ccc(-c2ccc3c(ccn3-c3cc(Cl)c(OCCCl)c(C#N)c3)c2)cc1. The zero-order chi connectivity index (χ0) is 22.5. The Hall–Kier alpha value is -2.62. The Morgan fingerprint density at radius 1 is 1.06 bits per heavy atom. The van der Waals surface area contributed by atoms with Crippen molar-refractivity contribution in [3.05, 3.63) is 83.0 Å². The number of nitriles is 1. The third kappa shape index (κ3) is 4.74. The zero-order valence-electron chi connectivity index (χ0n) is 17.4. The number of ether oxygens (including phenoxy) is 1. The highest BCUT2D eigenvalue weighted by Gasteiger charge is 2.14. The Bertz CT molecular complexity index is 1280. The first kappa shape index (κ1) is 22.6. The van der Waals surface area contributed by atoms with E-state index in [0.717, 1.165) is 28.7 Å². The largest absolute Gasteiger partial charge is 0.489 e. The van der Waals surface area contributed by atoms with Crippen molar-refractivity contribution in [2.45, 2.75) is 6.54 Å². The van der Waals surface area contributed by atoms with Crippen molar-refractivity contribution in [2.24, 2.45) is 0 Å². The van der Waals surface area contributed by atoms with Gasteiger partial charge in [-0.3, -0.25) is 4.72 Å². The smallest absolute Gasteiger partial charge is 0.155 e. The molecule has 1 heterocycles. The van der Waals surface area contributed by atoms with Crippen LogP contribution in [0, 0.1) is 11.3 Å². The van der Waals surface area contributed by atoms with Gasteiger partial charge in [-0.25, -0.2) is 0 Å². The molecule has 0 aliphatic carbocycles. The van der Waals surface area contributed by atoms with Gasteiger partial charge in [0.2, 0.25) is 0 Å². The van der Waals surface area contributed by atoms with Gasteiger partial charge in [-0.2, -0.15) is 5.26 Å². The van der Waals surface area contributed by atoms with E-state index >= 15 is 0 Å². The summed E-state index contributed by atoms with van der Waals surface area (Å²) in [5.41, 5.74) is 5.79. The van der Waals surface area contributed by atoms with Crippen molar-refractivity contribution in [1.29, 1.82) is 5.26 Å². The van der Waals surface area contributed by atoms with Gasteiger partial charge < -0.3 is 9.30 Å². The van der Waals surface area contributed by atoms with Crippen LogP contribution in [0.1, 0.15) is 11.1 Å². The number of nitrogens with zero attached hydrogens (tertiary/aromatic N) is 2. The molecule has 0 bridgehead atoms. The number of nitrogens with one attached hydrogen (secondary N) is 1. The predicted octanol–water partition coefficient (Wildman–Crippen LogP) is 6.81. The molecule has 0 spiro atoms. The molecule has 0 saturated heterocycles. The second-order valence-corrected chi connectivity index (χ2v) is 8.62. The third-order valence-corrected chi connectivity index (χ3v) is 6.02. The number of hydrogen-bond donors (Lipinski definition) is 1. The van der Waals surface area contributed by atoms with Crippen molar-refractivity contribution in [3.63, 3.8) is 0 Å². The topological polar surface area (TPSA) is 50.0 Å². The van der Waals surface area contributed by atoms with Gasteiger partial charge in [0, 0.05) is 23.8 Å². The van der Waals surface area contributed by atoms with Crippen LogP contribution in [0.3, 0.4) is 0 Å². The van der Waals surface area contributed by atoms with Crippen LogP contribution < -0.4 is 9.46 Å². The van der Waals surface area contributed by atoms with Gasteiger partial charge in [0.15, 0.2) is 5.75 Å². The summed E-state index contributed by atoms with van der Waals surface area (Å²) in [5.74, 6) is 0.693. The van der Waals surface area contributed by atoms with Crippen LogP contribution >= 0.6 is 35.1 Å². The monoisotopic (exact) mass is 481 g/mol. The fourth-order valence-corrected chi connectivity index (χ4v) is 4.26. The third-order valence-electron chi connectivity index (χ3n) is 5.15. The molecule has 0 fully saturated rings. The average Bonchev–Trinajstić information content (AvgIpc) is 3.25. The standard InChI is InChI=1S/C25H21Cl2N3OS/c1-32-29-16-17-2-4-18(5-3-17)19-6-7-24-20(12-19)8-10-30(24)22-13-21(15-28)25(23(27)14-22)31-11-9-26/h2-8,10,12-14,29H,9,11,16H2,1H3. The number of hydrogen-bond acceptors (Lipinski definition) is 4. The van der Waals surface area contributed by atoms with Gasteiger partial charge in [-0.1, -0.05) is 53.9 Å². The highest BCUT2D eigenvalue weighted by molar-refractivity contribution is 7.96. The van der Waals surface area contributed by atoms with E-state index in [2.05, 4.69) is 59.3 Å². The van der Waals surface area contributed by atoms with Crippen LogP contribution in [0.4, 0.5) is 0 Å². The molecule has 4 nitrogen and oxygen atoms in total. The average molecular weight is 482 g/mol. The van der Waals surface area contributed by atoms with E-state index in [9.17, 15) is 5.26 Å². The van der Waals surface area contributed by atoms with Crippen molar-refractivity contribution in [3.8, 4) is 28.6 Å². The molecule has 0 aliphatic heterocycles. The quantitative estimate of drug-likeness (QED) is 0.222. The minimum atomic E-state index is 0.291. The van der Waals surface area contributed by atoms with Gasteiger partial charge in [0.05, 0.1) is 22.0 Å². The van der Waals surface area contributed by atoms with Crippen LogP contribution in [0.15, 0.2) is 66.9 Å². The predicted molar refractivity (Wildman–Crippen MR) is 135 cm³/mol. The summed E-state index contributed by atoms with van der Waals surface area (Å²) in [6.07, 6.45) is 4.01. The molecule has 0 radical (unpaired) electrons. The second-order valence-electron chi connectivity index (χ2n) is 7.14. The summed E-state index contributed by atoms with van der Waals surface area (Å²) < 4.78 is 10.8. The molecule has 1 N–H and O–H groups in total. The van der Waals surface area contributed by atoms with E-state index in [1.807, 2.05) is 17.0 Å². The van der Waals surface area contributed by atoms with E-state index < -0.39 is 0 Å². The molecular weight excluding hydrogens is 461 g/mol. The van der Waals surface area contributed by atoms with Gasteiger partial charge in [-0.05, 0) is 53.3 Å². The molecule has 4 rings (SSSR count). The Balaban J connectivity index is 1.66. The summed E-state index contributed by atoms with van der Waals surface area (Å²) in [7, 11) is 0. The molecule has 3 aromatic carbocycles. The minimum absolute atomic E-state index is 0.291.